The van der Waals surface area contributed by atoms with E-state index in [0.29, 0.717) is 5.22 Å². The highest BCUT2D eigenvalue weighted by Gasteiger charge is 2.13. The molecule has 1 amide bonds. The molecule has 0 fully saturated rings. The molecule has 23 heavy (non-hydrogen) atoms. The van der Waals surface area contributed by atoms with Crippen molar-refractivity contribution in [3.63, 3.8) is 0 Å². The average Bonchev–Trinajstić information content (AvgIpc) is 2.96. The van der Waals surface area contributed by atoms with Crippen LogP contribution < -0.4 is 5.32 Å². The van der Waals surface area contributed by atoms with E-state index in [9.17, 15) is 4.79 Å². The molecule has 0 bridgehead atoms. The fourth-order valence-electron chi connectivity index (χ4n) is 2.23. The Hall–Kier alpha value is -1.79. The minimum Gasteiger partial charge on any atom is -0.431 e. The average molecular weight is 391 g/mol. The summed E-state index contributed by atoms with van der Waals surface area (Å²) < 4.78 is 6.58. The van der Waals surface area contributed by atoms with Gasteiger partial charge >= 0.3 is 0 Å². The summed E-state index contributed by atoms with van der Waals surface area (Å²) in [4.78, 5) is 16.5. The molecule has 0 aliphatic carbocycles. The Bertz CT molecular complexity index is 801. The van der Waals surface area contributed by atoms with Crippen LogP contribution in [0.1, 0.15) is 18.5 Å². The lowest BCUT2D eigenvalue weighted by atomic mass is 10.1. The van der Waals surface area contributed by atoms with Gasteiger partial charge in [0.25, 0.3) is 5.22 Å². The lowest BCUT2D eigenvalue weighted by Crippen LogP contribution is -2.28. The maximum atomic E-state index is 12.1. The van der Waals surface area contributed by atoms with Gasteiger partial charge in [-0.05, 0) is 30.7 Å². The molecule has 2 aromatic carbocycles. The topological polar surface area (TPSA) is 55.1 Å². The van der Waals surface area contributed by atoms with E-state index >= 15 is 0 Å². The van der Waals surface area contributed by atoms with Gasteiger partial charge in [0.15, 0.2) is 5.58 Å². The van der Waals surface area contributed by atoms with Crippen LogP contribution in [0.5, 0.6) is 0 Å². The Morgan fingerprint density at radius 2 is 2.00 bits per heavy atom. The predicted molar refractivity (Wildman–Crippen MR) is 95.4 cm³/mol. The molecule has 0 spiro atoms. The lowest BCUT2D eigenvalue weighted by Gasteiger charge is -2.15. The van der Waals surface area contributed by atoms with Gasteiger partial charge in [-0.1, -0.05) is 58.0 Å². The van der Waals surface area contributed by atoms with Crippen LogP contribution in [-0.4, -0.2) is 16.6 Å². The molecule has 3 aromatic rings. The second-order valence-corrected chi connectivity index (χ2v) is 6.83. The third-order valence-corrected chi connectivity index (χ3v) is 4.90. The fraction of sp³-hybridized carbons (Fsp3) is 0.176. The third kappa shape index (κ3) is 3.95. The molecule has 0 unspecified atom stereocenters. The Morgan fingerprint density at radius 3 is 2.78 bits per heavy atom. The van der Waals surface area contributed by atoms with Crippen LogP contribution >= 0.6 is 27.7 Å². The van der Waals surface area contributed by atoms with Crippen molar-refractivity contribution >= 4 is 44.7 Å². The van der Waals surface area contributed by atoms with Crippen molar-refractivity contribution in [3.8, 4) is 0 Å². The second-order valence-electron chi connectivity index (χ2n) is 5.05. The number of benzene rings is 2. The number of nitrogens with zero attached hydrogens (tertiary/aromatic N) is 1. The maximum Gasteiger partial charge on any atom is 0.257 e. The predicted octanol–water partition coefficient (Wildman–Crippen LogP) is 4.56. The molecular weight excluding hydrogens is 376 g/mol. The summed E-state index contributed by atoms with van der Waals surface area (Å²) in [6, 6.07) is 15.3. The van der Waals surface area contributed by atoms with Crippen molar-refractivity contribution in [1.29, 1.82) is 0 Å². The molecule has 0 radical (unpaired) electrons. The SMILES string of the molecule is C[C@H](NC(=O)CSc1nc2ccccc2o1)c1ccccc1Br. The molecule has 3 rings (SSSR count). The molecule has 6 heteroatoms. The first-order chi connectivity index (χ1) is 11.1. The highest BCUT2D eigenvalue weighted by atomic mass is 79.9. The number of halogens is 1. The van der Waals surface area contributed by atoms with Crippen molar-refractivity contribution < 1.29 is 9.21 Å². The summed E-state index contributed by atoms with van der Waals surface area (Å²) in [5, 5.41) is 3.49. The first kappa shape index (κ1) is 16.1. The quantitative estimate of drug-likeness (QED) is 0.648. The summed E-state index contributed by atoms with van der Waals surface area (Å²) in [5.41, 5.74) is 2.58. The van der Waals surface area contributed by atoms with Gasteiger partial charge in [0.1, 0.15) is 5.52 Å². The molecule has 1 heterocycles. The van der Waals surface area contributed by atoms with Gasteiger partial charge in [-0.25, -0.2) is 4.98 Å². The van der Waals surface area contributed by atoms with E-state index in [2.05, 4.69) is 26.2 Å². The summed E-state index contributed by atoms with van der Waals surface area (Å²) in [6.45, 7) is 1.96. The largest absolute Gasteiger partial charge is 0.431 e. The van der Waals surface area contributed by atoms with E-state index in [0.717, 1.165) is 21.1 Å². The van der Waals surface area contributed by atoms with Gasteiger partial charge in [-0.15, -0.1) is 0 Å². The monoisotopic (exact) mass is 390 g/mol. The highest BCUT2D eigenvalue weighted by Crippen LogP contribution is 2.24. The maximum absolute atomic E-state index is 12.1. The summed E-state index contributed by atoms with van der Waals surface area (Å²) in [5.74, 6) is 0.210. The molecule has 0 saturated carbocycles. The van der Waals surface area contributed by atoms with Crippen LogP contribution in [0.15, 0.2) is 62.6 Å². The standard InChI is InChI=1S/C17H15BrN2O2S/c1-11(12-6-2-3-7-13(12)18)19-16(21)10-23-17-20-14-8-4-5-9-15(14)22-17/h2-9,11H,10H2,1H3,(H,19,21)/t11-/m0/s1. The number of hydrogen-bond acceptors (Lipinski definition) is 4. The van der Waals surface area contributed by atoms with Crippen LogP contribution in [0, 0.1) is 0 Å². The Kier molecular flexibility index (Phi) is 5.03. The van der Waals surface area contributed by atoms with E-state index in [-0.39, 0.29) is 17.7 Å². The van der Waals surface area contributed by atoms with Gasteiger partial charge < -0.3 is 9.73 Å². The van der Waals surface area contributed by atoms with E-state index in [1.165, 1.54) is 11.8 Å². The lowest BCUT2D eigenvalue weighted by molar-refractivity contribution is -0.119. The van der Waals surface area contributed by atoms with Crippen LogP contribution in [0.3, 0.4) is 0 Å². The van der Waals surface area contributed by atoms with Crippen molar-refractivity contribution in [1.82, 2.24) is 10.3 Å². The number of thioether (sulfide) groups is 1. The number of fused-ring (bicyclic) bond motifs is 1. The molecule has 1 aromatic heterocycles. The van der Waals surface area contributed by atoms with Gasteiger partial charge in [0.05, 0.1) is 11.8 Å². The smallest absolute Gasteiger partial charge is 0.257 e. The summed E-state index contributed by atoms with van der Waals surface area (Å²) in [6.07, 6.45) is 0. The molecule has 0 aliphatic rings. The van der Waals surface area contributed by atoms with Gasteiger partial charge in [0.2, 0.25) is 5.91 Å². The number of amides is 1. The first-order valence-electron chi connectivity index (χ1n) is 7.15. The first-order valence-corrected chi connectivity index (χ1v) is 8.93. The molecule has 1 N–H and O–H groups in total. The van der Waals surface area contributed by atoms with Gasteiger partial charge in [-0.3, -0.25) is 4.79 Å². The zero-order valence-corrected chi connectivity index (χ0v) is 14.9. The van der Waals surface area contributed by atoms with Crippen molar-refractivity contribution in [2.24, 2.45) is 0 Å². The van der Waals surface area contributed by atoms with Crippen molar-refractivity contribution in [2.45, 2.75) is 18.2 Å². The number of aromatic nitrogens is 1. The Balaban J connectivity index is 1.58. The van der Waals surface area contributed by atoms with Crippen LogP contribution in [-0.2, 0) is 4.79 Å². The second kappa shape index (κ2) is 7.19. The number of carbonyl (C=O) groups excluding carboxylic acids is 1. The summed E-state index contributed by atoms with van der Waals surface area (Å²) >= 11 is 4.79. The third-order valence-electron chi connectivity index (χ3n) is 3.35. The zero-order valence-electron chi connectivity index (χ0n) is 12.5. The number of oxazole rings is 1. The van der Waals surface area contributed by atoms with E-state index < -0.39 is 0 Å². The number of carbonyl (C=O) groups is 1. The minimum absolute atomic E-state index is 0.0551. The van der Waals surface area contributed by atoms with Crippen LogP contribution in [0.2, 0.25) is 0 Å². The molecule has 0 saturated heterocycles. The number of hydrogen-bond donors (Lipinski definition) is 1. The number of rotatable bonds is 5. The van der Waals surface area contributed by atoms with Crippen molar-refractivity contribution in [3.05, 3.63) is 58.6 Å². The molecule has 4 nitrogen and oxygen atoms in total. The zero-order chi connectivity index (χ0) is 16.2. The number of nitrogens with one attached hydrogen (secondary N) is 1. The Labute approximate surface area is 146 Å². The van der Waals surface area contributed by atoms with Gasteiger partial charge in [0, 0.05) is 4.47 Å². The van der Waals surface area contributed by atoms with Crippen LogP contribution in [0.4, 0.5) is 0 Å². The molecule has 1 atom stereocenters. The summed E-state index contributed by atoms with van der Waals surface area (Å²) in [7, 11) is 0. The molecule has 118 valence electrons. The highest BCUT2D eigenvalue weighted by molar-refractivity contribution is 9.10. The van der Waals surface area contributed by atoms with E-state index in [1.54, 1.807) is 0 Å². The van der Waals surface area contributed by atoms with E-state index in [1.807, 2.05) is 55.5 Å². The van der Waals surface area contributed by atoms with E-state index in [4.69, 9.17) is 4.42 Å². The normalized spacial score (nSPS) is 12.3. The van der Waals surface area contributed by atoms with Crippen LogP contribution in [0.25, 0.3) is 11.1 Å². The minimum atomic E-state index is -0.0673. The Morgan fingerprint density at radius 1 is 1.26 bits per heavy atom. The van der Waals surface area contributed by atoms with Gasteiger partial charge in [-0.2, -0.15) is 0 Å². The van der Waals surface area contributed by atoms with Crippen molar-refractivity contribution in [2.75, 3.05) is 5.75 Å². The molecular formula is C17H15BrN2O2S. The number of para-hydroxylation sites is 2. The fourth-order valence-corrected chi connectivity index (χ4v) is 3.50. The molecule has 0 aliphatic heterocycles.